The zero-order valence-corrected chi connectivity index (χ0v) is 14.4. The second-order valence-electron chi connectivity index (χ2n) is 4.58. The summed E-state index contributed by atoms with van der Waals surface area (Å²) in [6, 6.07) is -1.27. The number of carbonyl (C=O) groups is 2. The van der Waals surface area contributed by atoms with E-state index in [1.165, 1.54) is 19.1 Å². The first-order chi connectivity index (χ1) is 12.0. The van der Waals surface area contributed by atoms with Crippen molar-refractivity contribution < 1.29 is 9.59 Å². The van der Waals surface area contributed by atoms with E-state index in [9.17, 15) is 9.59 Å². The summed E-state index contributed by atoms with van der Waals surface area (Å²) in [6.45, 7) is 15.6. The molecule has 0 aromatic rings. The van der Waals surface area contributed by atoms with Crippen molar-refractivity contribution in [3.8, 4) is 0 Å². The minimum atomic E-state index is -1.27. The highest BCUT2D eigenvalue weighted by atomic mass is 16.2. The van der Waals surface area contributed by atoms with Gasteiger partial charge in [0.05, 0.1) is 5.70 Å². The number of Topliss-reactive ketones (excluding diaryl/α,β-unsaturated/α-hetero) is 1. The lowest BCUT2D eigenvalue weighted by atomic mass is 10.2. The highest BCUT2D eigenvalue weighted by Gasteiger charge is 2.23. The van der Waals surface area contributed by atoms with Crippen LogP contribution in [0, 0.1) is 0 Å². The molecule has 0 aromatic carbocycles. The summed E-state index contributed by atoms with van der Waals surface area (Å²) in [5.41, 5.74) is 0.837. The first-order valence-electron chi connectivity index (χ1n) is 7.46. The van der Waals surface area contributed by atoms with Crippen LogP contribution in [0.15, 0.2) is 109 Å². The zero-order valence-electron chi connectivity index (χ0n) is 14.4. The third-order valence-corrected chi connectivity index (χ3v) is 2.66. The molecular weight excluding hydrogens is 314 g/mol. The van der Waals surface area contributed by atoms with Crippen molar-refractivity contribution in [2.45, 2.75) is 13.0 Å². The van der Waals surface area contributed by atoms with Crippen LogP contribution >= 0.6 is 0 Å². The molecule has 0 saturated carbocycles. The van der Waals surface area contributed by atoms with Crippen LogP contribution in [0.5, 0.6) is 0 Å². The third-order valence-electron chi connectivity index (χ3n) is 2.66. The number of azo groups is 1. The van der Waals surface area contributed by atoms with Gasteiger partial charge in [-0.1, -0.05) is 62.8 Å². The molecule has 1 amide bonds. The Morgan fingerprint density at radius 2 is 1.52 bits per heavy atom. The highest BCUT2D eigenvalue weighted by molar-refractivity contribution is 6.05. The molecule has 0 aliphatic heterocycles. The maximum absolute atomic E-state index is 12.3. The number of amides is 1. The number of hydrogen-bond acceptors (Lipinski definition) is 4. The quantitative estimate of drug-likeness (QED) is 0.350. The van der Waals surface area contributed by atoms with Gasteiger partial charge in [-0.3, -0.25) is 9.59 Å². The molecule has 0 aromatic heterocycles. The fourth-order valence-corrected chi connectivity index (χ4v) is 1.43. The molecule has 0 heterocycles. The number of hydrogen-bond donors (Lipinski definition) is 1. The molecule has 0 radical (unpaired) electrons. The fourth-order valence-electron chi connectivity index (χ4n) is 1.43. The van der Waals surface area contributed by atoms with Gasteiger partial charge in [-0.2, -0.15) is 10.2 Å². The lowest BCUT2D eigenvalue weighted by molar-refractivity contribution is -0.128. The summed E-state index contributed by atoms with van der Waals surface area (Å²) in [6.07, 6.45) is 16.1. The molecule has 1 unspecified atom stereocenters. The largest absolute Gasteiger partial charge is 0.324 e. The minimum Gasteiger partial charge on any atom is -0.324 e. The molecule has 1 atom stereocenters. The van der Waals surface area contributed by atoms with Crippen LogP contribution in [0.3, 0.4) is 0 Å². The van der Waals surface area contributed by atoms with E-state index >= 15 is 0 Å². The van der Waals surface area contributed by atoms with E-state index in [1.807, 2.05) is 0 Å². The van der Waals surface area contributed by atoms with Gasteiger partial charge >= 0.3 is 0 Å². The Labute approximate surface area is 148 Å². The molecule has 1 N–H and O–H groups in total. The molecule has 0 rings (SSSR count). The Morgan fingerprint density at radius 1 is 0.920 bits per heavy atom. The number of rotatable bonds is 11. The van der Waals surface area contributed by atoms with Crippen molar-refractivity contribution >= 4 is 11.7 Å². The van der Waals surface area contributed by atoms with Crippen molar-refractivity contribution in [1.29, 1.82) is 0 Å². The lowest BCUT2D eigenvalue weighted by Gasteiger charge is -2.09. The van der Waals surface area contributed by atoms with Crippen LogP contribution in [0.2, 0.25) is 0 Å². The highest BCUT2D eigenvalue weighted by Crippen LogP contribution is 2.05. The van der Waals surface area contributed by atoms with Gasteiger partial charge < -0.3 is 5.32 Å². The first-order valence-corrected chi connectivity index (χ1v) is 7.46. The maximum atomic E-state index is 12.3. The van der Waals surface area contributed by atoms with Crippen molar-refractivity contribution in [2.75, 3.05) is 0 Å². The van der Waals surface area contributed by atoms with E-state index in [-0.39, 0.29) is 0 Å². The number of nitrogens with one attached hydrogen (secondary N) is 1. The van der Waals surface area contributed by atoms with Gasteiger partial charge in [0.1, 0.15) is 0 Å². The monoisotopic (exact) mass is 337 g/mol. The summed E-state index contributed by atoms with van der Waals surface area (Å²) in [4.78, 5) is 24.0. The average Bonchev–Trinajstić information content (AvgIpc) is 2.59. The predicted octanol–water partition coefficient (Wildman–Crippen LogP) is 4.14. The summed E-state index contributed by atoms with van der Waals surface area (Å²) in [7, 11) is 0. The van der Waals surface area contributed by atoms with Crippen LogP contribution in [-0.4, -0.2) is 17.7 Å². The van der Waals surface area contributed by atoms with Gasteiger partial charge in [0, 0.05) is 5.70 Å². The van der Waals surface area contributed by atoms with Crippen molar-refractivity contribution in [3.63, 3.8) is 0 Å². The first kappa shape index (κ1) is 21.7. The summed E-state index contributed by atoms with van der Waals surface area (Å²) in [5, 5.41) is 10.3. The smallest absolute Gasteiger partial charge is 0.258 e. The molecule has 25 heavy (non-hydrogen) atoms. The molecule has 0 aliphatic rings. The Hall–Kier alpha value is -3.34. The van der Waals surface area contributed by atoms with Crippen LogP contribution in [0.1, 0.15) is 6.92 Å². The fraction of sp³-hybridized carbons (Fsp3) is 0.100. The van der Waals surface area contributed by atoms with E-state index in [4.69, 9.17) is 0 Å². The van der Waals surface area contributed by atoms with E-state index in [0.29, 0.717) is 11.4 Å². The number of nitrogens with zero attached hydrogens (tertiary/aromatic N) is 2. The van der Waals surface area contributed by atoms with Gasteiger partial charge in [0.25, 0.3) is 5.91 Å². The third kappa shape index (κ3) is 9.40. The Balaban J connectivity index is 5.30. The molecule has 5 heteroatoms. The summed E-state index contributed by atoms with van der Waals surface area (Å²) >= 11 is 0. The van der Waals surface area contributed by atoms with Gasteiger partial charge in [-0.25, -0.2) is 0 Å². The van der Waals surface area contributed by atoms with Gasteiger partial charge in [0.15, 0.2) is 5.78 Å². The van der Waals surface area contributed by atoms with Gasteiger partial charge in [0.2, 0.25) is 6.04 Å². The molecule has 0 fully saturated rings. The average molecular weight is 337 g/mol. The number of carbonyl (C=O) groups excluding carboxylic acids is 2. The molecule has 0 saturated heterocycles. The van der Waals surface area contributed by atoms with Crippen molar-refractivity contribution in [1.82, 2.24) is 5.32 Å². The molecule has 0 bridgehead atoms. The second-order valence-corrected chi connectivity index (χ2v) is 4.58. The van der Waals surface area contributed by atoms with Gasteiger partial charge in [-0.05, 0) is 31.2 Å². The molecule has 130 valence electrons. The van der Waals surface area contributed by atoms with Crippen LogP contribution in [0.4, 0.5) is 0 Å². The molecule has 5 nitrogen and oxygen atoms in total. The second kappa shape index (κ2) is 13.1. The molecule has 0 aliphatic carbocycles. The van der Waals surface area contributed by atoms with E-state index < -0.39 is 17.7 Å². The normalized spacial score (nSPS) is 13.8. The van der Waals surface area contributed by atoms with Crippen LogP contribution < -0.4 is 5.32 Å². The number of ketones is 1. The Morgan fingerprint density at radius 3 is 2.00 bits per heavy atom. The minimum absolute atomic E-state index is 0.408. The summed E-state index contributed by atoms with van der Waals surface area (Å²) < 4.78 is 0. The van der Waals surface area contributed by atoms with Gasteiger partial charge in [-0.15, -0.1) is 0 Å². The lowest BCUT2D eigenvalue weighted by Crippen LogP contribution is -2.36. The van der Waals surface area contributed by atoms with E-state index in [1.54, 1.807) is 48.6 Å². The predicted molar refractivity (Wildman–Crippen MR) is 103 cm³/mol. The van der Waals surface area contributed by atoms with Crippen molar-refractivity contribution in [3.05, 3.63) is 98.5 Å². The van der Waals surface area contributed by atoms with Crippen LogP contribution in [-0.2, 0) is 9.59 Å². The standard InChI is InChI=1S/C20H23N3O2/c1-6-10-12-14-17(8-3)21-20(25)19(16(5)24)23-22-18(9-4)15-13-11-7-2/h6-15,19H,1-4H2,5H3,(H,21,25)/b12-10-,13-11-,17-14+,18-15+,23-22?. The summed E-state index contributed by atoms with van der Waals surface area (Å²) in [5.74, 6) is -1.03. The number of allylic oxidation sites excluding steroid dienone is 10. The molecular formula is C20H23N3O2. The Bertz CT molecular complexity index is 677. The topological polar surface area (TPSA) is 70.9 Å². The SMILES string of the molecule is C=C/C=C\C=C(/C=C)N=NC(C(C)=O)C(=O)N/C(C=C)=C/C=C\C=C. The molecule has 0 spiro atoms. The van der Waals surface area contributed by atoms with Crippen molar-refractivity contribution in [2.24, 2.45) is 10.2 Å². The van der Waals surface area contributed by atoms with E-state index in [0.717, 1.165) is 0 Å². The van der Waals surface area contributed by atoms with Crippen LogP contribution in [0.25, 0.3) is 0 Å². The Kier molecular flexibility index (Phi) is 11.4. The van der Waals surface area contributed by atoms with E-state index in [2.05, 4.69) is 41.9 Å². The zero-order chi connectivity index (χ0) is 19.1. The maximum Gasteiger partial charge on any atom is 0.258 e.